The molecule has 0 aliphatic carbocycles. The van der Waals surface area contributed by atoms with Gasteiger partial charge < -0.3 is 19.7 Å². The average Bonchev–Trinajstić information content (AvgIpc) is 3.21. The van der Waals surface area contributed by atoms with Crippen molar-refractivity contribution in [1.29, 1.82) is 0 Å². The lowest BCUT2D eigenvalue weighted by molar-refractivity contribution is -0.161. The van der Waals surface area contributed by atoms with Crippen molar-refractivity contribution in [2.24, 2.45) is 11.8 Å². The van der Waals surface area contributed by atoms with Gasteiger partial charge in [-0.2, -0.15) is 0 Å². The van der Waals surface area contributed by atoms with Crippen LogP contribution in [0.25, 0.3) is 0 Å². The molecule has 5 rings (SSSR count). The number of carbonyl (C=O) groups is 2. The van der Waals surface area contributed by atoms with Gasteiger partial charge >= 0.3 is 5.97 Å². The van der Waals surface area contributed by atoms with Gasteiger partial charge in [-0.3, -0.25) is 9.69 Å². The Bertz CT molecular complexity index is 721. The van der Waals surface area contributed by atoms with Crippen LogP contribution in [0.3, 0.4) is 0 Å². The molecular weight excluding hydrogens is 346 g/mol. The van der Waals surface area contributed by atoms with E-state index in [1.807, 2.05) is 4.90 Å². The van der Waals surface area contributed by atoms with Gasteiger partial charge in [0.15, 0.2) is 0 Å². The van der Waals surface area contributed by atoms with E-state index in [4.69, 9.17) is 4.74 Å². The van der Waals surface area contributed by atoms with E-state index in [-0.39, 0.29) is 18.0 Å². The topological polar surface area (TPSA) is 85.9 Å². The lowest BCUT2D eigenvalue weighted by Crippen LogP contribution is -2.66. The molecule has 4 fully saturated rings. The molecule has 4 saturated heterocycles. The van der Waals surface area contributed by atoms with Gasteiger partial charge in [0.05, 0.1) is 0 Å². The minimum absolute atomic E-state index is 0.0704. The molecule has 7 heteroatoms. The normalized spacial score (nSPS) is 38.9. The van der Waals surface area contributed by atoms with Crippen LogP contribution in [-0.4, -0.2) is 75.7 Å². The summed E-state index contributed by atoms with van der Waals surface area (Å²) >= 11 is 0. The van der Waals surface area contributed by atoms with Crippen LogP contribution < -0.4 is 0 Å². The first-order valence-electron chi connectivity index (χ1n) is 10.2. The zero-order chi connectivity index (χ0) is 18.5. The Hall–Kier alpha value is -1.86. The van der Waals surface area contributed by atoms with Gasteiger partial charge in [0.2, 0.25) is 0 Å². The highest BCUT2D eigenvalue weighted by Gasteiger charge is 2.50. The van der Waals surface area contributed by atoms with Crippen molar-refractivity contribution in [2.75, 3.05) is 19.6 Å². The van der Waals surface area contributed by atoms with Crippen LogP contribution in [0.2, 0.25) is 0 Å². The minimum Gasteiger partial charge on any atom is -0.458 e. The summed E-state index contributed by atoms with van der Waals surface area (Å²) in [4.78, 5) is 32.2. The van der Waals surface area contributed by atoms with Crippen LogP contribution in [0.4, 0.5) is 0 Å². The molecule has 146 valence electrons. The summed E-state index contributed by atoms with van der Waals surface area (Å²) in [6, 6.07) is 4.17. The van der Waals surface area contributed by atoms with Crippen molar-refractivity contribution in [3.63, 3.8) is 0 Å². The predicted molar refractivity (Wildman–Crippen MR) is 96.9 cm³/mol. The highest BCUT2D eigenvalue weighted by Crippen LogP contribution is 2.43. The molecule has 4 aliphatic heterocycles. The van der Waals surface area contributed by atoms with Crippen LogP contribution in [0.15, 0.2) is 18.3 Å². The number of hydrogen-bond acceptors (Lipinski definition) is 5. The van der Waals surface area contributed by atoms with Crippen molar-refractivity contribution in [3.8, 4) is 0 Å². The molecular formula is C20H27N3O4. The summed E-state index contributed by atoms with van der Waals surface area (Å²) in [5, 5.41) is 9.98. The van der Waals surface area contributed by atoms with Crippen molar-refractivity contribution in [2.45, 2.75) is 56.4 Å². The van der Waals surface area contributed by atoms with E-state index in [9.17, 15) is 14.7 Å². The first kappa shape index (κ1) is 17.3. The standard InChI is InChI=1S/C20H27N3O4/c24-18-4-3-16-12-8-13(11-23(16)19(18)25)17-9-14(5-7-22(17)10-12)27-20(26)15-2-1-6-21-15/h1-2,6,12-14,16-18,21,24H,3-5,7-11H2/t12-,13+,14?,16?,17-,18+/m1/s1. The number of aromatic nitrogens is 1. The second-order valence-corrected chi connectivity index (χ2v) is 8.60. The largest absolute Gasteiger partial charge is 0.458 e. The Balaban J connectivity index is 1.28. The van der Waals surface area contributed by atoms with Gasteiger partial charge in [-0.1, -0.05) is 0 Å². The molecule has 2 unspecified atom stereocenters. The van der Waals surface area contributed by atoms with Gasteiger partial charge in [-0.05, 0) is 49.7 Å². The first-order valence-corrected chi connectivity index (χ1v) is 10.2. The van der Waals surface area contributed by atoms with E-state index in [0.29, 0.717) is 36.0 Å². The fraction of sp³-hybridized carbons (Fsp3) is 0.700. The Morgan fingerprint density at radius 3 is 2.81 bits per heavy atom. The fourth-order valence-corrected chi connectivity index (χ4v) is 5.84. The van der Waals surface area contributed by atoms with Crippen LogP contribution >= 0.6 is 0 Å². The Morgan fingerprint density at radius 1 is 1.15 bits per heavy atom. The lowest BCUT2D eigenvalue weighted by atomic mass is 9.70. The number of amides is 1. The number of rotatable bonds is 2. The molecule has 7 nitrogen and oxygen atoms in total. The van der Waals surface area contributed by atoms with Crippen molar-refractivity contribution < 1.29 is 19.4 Å². The number of H-pyrrole nitrogens is 1. The summed E-state index contributed by atoms with van der Waals surface area (Å²) in [7, 11) is 0. The van der Waals surface area contributed by atoms with E-state index in [0.717, 1.165) is 45.3 Å². The third-order valence-corrected chi connectivity index (χ3v) is 7.10. The third kappa shape index (κ3) is 2.97. The summed E-state index contributed by atoms with van der Waals surface area (Å²) in [6.45, 7) is 2.70. The number of aliphatic hydroxyl groups excluding tert-OH is 1. The summed E-state index contributed by atoms with van der Waals surface area (Å²) in [6.07, 6.45) is 5.19. The van der Waals surface area contributed by atoms with E-state index in [1.165, 1.54) is 0 Å². The molecule has 1 aromatic rings. The number of aliphatic hydroxyl groups is 1. The maximum atomic E-state index is 12.5. The van der Waals surface area contributed by atoms with Crippen LogP contribution in [0, 0.1) is 11.8 Å². The number of esters is 1. The molecule has 1 amide bonds. The number of aromatic amines is 1. The van der Waals surface area contributed by atoms with Gasteiger partial charge in [-0.25, -0.2) is 4.79 Å². The second-order valence-electron chi connectivity index (χ2n) is 8.60. The second kappa shape index (κ2) is 6.63. The number of nitrogens with one attached hydrogen (secondary N) is 1. The molecule has 27 heavy (non-hydrogen) atoms. The molecule has 0 spiro atoms. The molecule has 1 aromatic heterocycles. The van der Waals surface area contributed by atoms with Gasteiger partial charge in [0, 0.05) is 44.3 Å². The summed E-state index contributed by atoms with van der Waals surface area (Å²) in [5.41, 5.74) is 0.495. The van der Waals surface area contributed by atoms with E-state index in [2.05, 4.69) is 9.88 Å². The number of hydrogen-bond donors (Lipinski definition) is 2. The predicted octanol–water partition coefficient (Wildman–Crippen LogP) is 1.01. The van der Waals surface area contributed by atoms with E-state index >= 15 is 0 Å². The number of fused-ring (bicyclic) bond motifs is 6. The minimum atomic E-state index is -0.822. The third-order valence-electron chi connectivity index (χ3n) is 7.10. The number of piperidine rings is 4. The molecule has 6 atom stereocenters. The average molecular weight is 373 g/mol. The molecule has 4 aliphatic rings. The molecule has 2 N–H and O–H groups in total. The maximum absolute atomic E-state index is 12.5. The Morgan fingerprint density at radius 2 is 2.00 bits per heavy atom. The van der Waals surface area contributed by atoms with E-state index < -0.39 is 6.10 Å². The summed E-state index contributed by atoms with van der Waals surface area (Å²) < 4.78 is 5.75. The van der Waals surface area contributed by atoms with Crippen LogP contribution in [0.5, 0.6) is 0 Å². The van der Waals surface area contributed by atoms with Gasteiger partial charge in [-0.15, -0.1) is 0 Å². The number of ether oxygens (including phenoxy) is 1. The van der Waals surface area contributed by atoms with Gasteiger partial charge in [0.25, 0.3) is 5.91 Å². The first-order chi connectivity index (χ1) is 13.1. The lowest BCUT2D eigenvalue weighted by Gasteiger charge is -2.57. The SMILES string of the molecule is O=C(OC1CCN2C[C@H]3C[C@@H](CN4C(=O)[C@@H](O)CCC34)[C@H]2C1)c1ccc[nH]1. The molecule has 0 saturated carbocycles. The zero-order valence-electron chi connectivity index (χ0n) is 15.4. The van der Waals surface area contributed by atoms with Gasteiger partial charge in [0.1, 0.15) is 17.9 Å². The van der Waals surface area contributed by atoms with Crippen molar-refractivity contribution >= 4 is 11.9 Å². The van der Waals surface area contributed by atoms with E-state index in [1.54, 1.807) is 18.3 Å². The number of nitrogens with zero attached hydrogens (tertiary/aromatic N) is 2. The van der Waals surface area contributed by atoms with Crippen molar-refractivity contribution in [3.05, 3.63) is 24.0 Å². The smallest absolute Gasteiger partial charge is 0.355 e. The van der Waals surface area contributed by atoms with Crippen molar-refractivity contribution in [1.82, 2.24) is 14.8 Å². The molecule has 0 aromatic carbocycles. The highest BCUT2D eigenvalue weighted by molar-refractivity contribution is 5.87. The number of carbonyl (C=O) groups excluding carboxylic acids is 2. The quantitative estimate of drug-likeness (QED) is 0.756. The molecule has 0 radical (unpaired) electrons. The van der Waals surface area contributed by atoms with Crippen LogP contribution in [0.1, 0.15) is 42.6 Å². The Kier molecular flexibility index (Phi) is 4.24. The summed E-state index contributed by atoms with van der Waals surface area (Å²) in [5.74, 6) is 0.542. The monoisotopic (exact) mass is 373 g/mol. The van der Waals surface area contributed by atoms with Crippen LogP contribution in [-0.2, 0) is 9.53 Å². The zero-order valence-corrected chi connectivity index (χ0v) is 15.4. The molecule has 2 bridgehead atoms. The highest BCUT2D eigenvalue weighted by atomic mass is 16.5. The maximum Gasteiger partial charge on any atom is 0.355 e. The molecule has 5 heterocycles. The Labute approximate surface area is 158 Å². The fourth-order valence-electron chi connectivity index (χ4n) is 5.84.